The maximum absolute atomic E-state index is 13.3. The second-order valence-electron chi connectivity index (χ2n) is 8.64. The highest BCUT2D eigenvalue weighted by atomic mass is 32.2. The number of hydrogen-bond donors (Lipinski definition) is 0. The number of nitrogens with zero attached hydrogens (tertiary/aromatic N) is 1. The molecular formula is C26H29NO6S3. The third kappa shape index (κ3) is 4.26. The number of ether oxygens (including phenoxy) is 3. The molecule has 10 heteroatoms. The maximum Gasteiger partial charge on any atom is 0.345 e. The Balaban J connectivity index is 1.98. The van der Waals surface area contributed by atoms with E-state index in [1.54, 1.807) is 36.5 Å². The van der Waals surface area contributed by atoms with Gasteiger partial charge < -0.3 is 19.1 Å². The zero-order valence-electron chi connectivity index (χ0n) is 21.1. The molecule has 1 aromatic carbocycles. The van der Waals surface area contributed by atoms with Gasteiger partial charge in [0.05, 0.1) is 36.6 Å². The number of esters is 2. The Hall–Kier alpha value is -2.30. The van der Waals surface area contributed by atoms with E-state index in [-0.39, 0.29) is 19.1 Å². The van der Waals surface area contributed by atoms with Crippen molar-refractivity contribution < 1.29 is 28.6 Å². The Bertz CT molecular complexity index is 1220. The Morgan fingerprint density at radius 1 is 0.972 bits per heavy atom. The second-order valence-corrected chi connectivity index (χ2v) is 12.1. The number of anilines is 1. The smallest absolute Gasteiger partial charge is 0.345 e. The molecule has 0 fully saturated rings. The number of rotatable bonds is 6. The van der Waals surface area contributed by atoms with E-state index in [0.29, 0.717) is 22.8 Å². The lowest BCUT2D eigenvalue weighted by atomic mass is 9.83. The molecule has 36 heavy (non-hydrogen) atoms. The molecule has 3 aliphatic heterocycles. The van der Waals surface area contributed by atoms with Crippen LogP contribution in [0.3, 0.4) is 0 Å². The lowest BCUT2D eigenvalue weighted by molar-refractivity contribution is -0.139. The van der Waals surface area contributed by atoms with E-state index in [1.807, 2.05) is 39.0 Å². The first-order valence-electron chi connectivity index (χ1n) is 11.7. The number of carbonyl (C=O) groups is 3. The lowest BCUT2D eigenvalue weighted by Crippen LogP contribution is -2.52. The predicted octanol–water partition coefficient (Wildman–Crippen LogP) is 5.72. The molecule has 192 valence electrons. The molecule has 0 N–H and O–H groups in total. The quantitative estimate of drug-likeness (QED) is 0.416. The molecule has 1 aromatic rings. The Morgan fingerprint density at radius 3 is 2.31 bits per heavy atom. The van der Waals surface area contributed by atoms with Crippen molar-refractivity contribution in [3.05, 3.63) is 50.0 Å². The van der Waals surface area contributed by atoms with E-state index in [0.717, 1.165) is 21.7 Å². The fraction of sp³-hybridized carbons (Fsp3) is 0.423. The van der Waals surface area contributed by atoms with Crippen molar-refractivity contribution in [1.29, 1.82) is 0 Å². The van der Waals surface area contributed by atoms with E-state index in [4.69, 9.17) is 14.2 Å². The first-order valence-corrected chi connectivity index (χ1v) is 14.3. The topological polar surface area (TPSA) is 82.1 Å². The minimum absolute atomic E-state index is 0.0937. The van der Waals surface area contributed by atoms with Crippen LogP contribution in [0.25, 0.3) is 5.57 Å². The van der Waals surface area contributed by atoms with Gasteiger partial charge in [0.15, 0.2) is 0 Å². The van der Waals surface area contributed by atoms with Gasteiger partial charge in [0.1, 0.15) is 14.7 Å². The summed E-state index contributed by atoms with van der Waals surface area (Å²) in [6, 6.07) is 5.65. The van der Waals surface area contributed by atoms with E-state index in [1.165, 1.54) is 35.3 Å². The van der Waals surface area contributed by atoms with Crippen LogP contribution in [0.15, 0.2) is 44.4 Å². The van der Waals surface area contributed by atoms with Crippen LogP contribution < -0.4 is 9.64 Å². The Labute approximate surface area is 224 Å². The number of benzene rings is 1. The zero-order chi connectivity index (χ0) is 26.3. The van der Waals surface area contributed by atoms with Gasteiger partial charge in [-0.25, -0.2) is 9.59 Å². The molecular weight excluding hydrogens is 518 g/mol. The third-order valence-electron chi connectivity index (χ3n) is 5.98. The van der Waals surface area contributed by atoms with E-state index < -0.39 is 21.6 Å². The van der Waals surface area contributed by atoms with Gasteiger partial charge in [-0.15, -0.1) is 11.8 Å². The fourth-order valence-corrected chi connectivity index (χ4v) is 9.15. The first-order chi connectivity index (χ1) is 17.1. The Kier molecular flexibility index (Phi) is 7.60. The van der Waals surface area contributed by atoms with Crippen molar-refractivity contribution in [3.8, 4) is 5.75 Å². The minimum atomic E-state index is -0.991. The summed E-state index contributed by atoms with van der Waals surface area (Å²) in [5.74, 6) is -0.308. The van der Waals surface area contributed by atoms with E-state index in [2.05, 4.69) is 0 Å². The molecule has 1 spiro atoms. The van der Waals surface area contributed by atoms with Crippen molar-refractivity contribution in [1.82, 2.24) is 0 Å². The summed E-state index contributed by atoms with van der Waals surface area (Å²) in [6.45, 7) is 11.9. The van der Waals surface area contributed by atoms with Gasteiger partial charge in [-0.05, 0) is 63.6 Å². The molecule has 4 rings (SSSR count). The number of thioether (sulfide) groups is 3. The van der Waals surface area contributed by atoms with Crippen molar-refractivity contribution in [2.75, 3.05) is 24.7 Å². The van der Waals surface area contributed by atoms with E-state index in [9.17, 15) is 14.4 Å². The fourth-order valence-electron chi connectivity index (χ4n) is 4.67. The van der Waals surface area contributed by atoms with Gasteiger partial charge in [-0.3, -0.25) is 4.79 Å². The van der Waals surface area contributed by atoms with Crippen molar-refractivity contribution in [2.45, 2.75) is 51.2 Å². The average molecular weight is 548 g/mol. The van der Waals surface area contributed by atoms with Crippen LogP contribution >= 0.6 is 35.3 Å². The molecule has 0 radical (unpaired) electrons. The molecule has 0 bridgehead atoms. The van der Waals surface area contributed by atoms with Gasteiger partial charge in [0, 0.05) is 23.0 Å². The molecule has 1 amide bonds. The van der Waals surface area contributed by atoms with Crippen molar-refractivity contribution in [2.24, 2.45) is 0 Å². The SMILES string of the molecule is CCOC(=O)C1=CS[C@]2(S1)C(C(=O)OCC)=CSC1=C2c2cc(OCC)ccc2N(C(C)=O)C1(C)C. The standard InChI is InChI=1S/C26H29NO6S3/c1-7-31-16-10-11-19-17(12-16)21-22(25(5,6)27(19)15(4)28)34-13-18(23(29)32-8-2)26(21)35-14-20(36-26)24(30)33-9-3/h10-14H,7-9H2,1-6H3/t26-/m0/s1. The molecule has 0 aromatic heterocycles. The van der Waals surface area contributed by atoms with Crippen LogP contribution in [0.5, 0.6) is 5.75 Å². The summed E-state index contributed by atoms with van der Waals surface area (Å²) in [4.78, 5) is 42.1. The normalized spacial score (nSPS) is 21.9. The third-order valence-corrected chi connectivity index (χ3v) is 10.3. The molecule has 0 unspecified atom stereocenters. The molecule has 0 saturated heterocycles. The number of hydrogen-bond acceptors (Lipinski definition) is 9. The van der Waals surface area contributed by atoms with Gasteiger partial charge in [-0.1, -0.05) is 23.5 Å². The summed E-state index contributed by atoms with van der Waals surface area (Å²) in [5.41, 5.74) is 2.11. The average Bonchev–Trinajstić information content (AvgIpc) is 3.24. The summed E-state index contributed by atoms with van der Waals surface area (Å²) < 4.78 is 15.6. The number of carbonyl (C=O) groups excluding carboxylic acids is 3. The Morgan fingerprint density at radius 2 is 1.67 bits per heavy atom. The highest BCUT2D eigenvalue weighted by Crippen LogP contribution is 2.68. The molecule has 0 aliphatic carbocycles. The first kappa shape index (κ1) is 26.8. The lowest BCUT2D eigenvalue weighted by Gasteiger charge is -2.50. The van der Waals surface area contributed by atoms with Crippen LogP contribution in [0, 0.1) is 0 Å². The minimum Gasteiger partial charge on any atom is -0.494 e. The summed E-state index contributed by atoms with van der Waals surface area (Å²) >= 11 is 4.09. The molecule has 3 aliphatic rings. The monoisotopic (exact) mass is 547 g/mol. The highest BCUT2D eigenvalue weighted by Gasteiger charge is 2.56. The maximum atomic E-state index is 13.3. The van der Waals surface area contributed by atoms with Gasteiger partial charge >= 0.3 is 11.9 Å². The van der Waals surface area contributed by atoms with Crippen molar-refractivity contribution >= 4 is 64.4 Å². The van der Waals surface area contributed by atoms with Crippen LogP contribution in [0.1, 0.15) is 47.1 Å². The largest absolute Gasteiger partial charge is 0.494 e. The summed E-state index contributed by atoms with van der Waals surface area (Å²) in [5, 5.41) is 3.56. The van der Waals surface area contributed by atoms with Gasteiger partial charge in [0.25, 0.3) is 0 Å². The predicted molar refractivity (Wildman–Crippen MR) is 147 cm³/mol. The van der Waals surface area contributed by atoms with Crippen LogP contribution in [-0.4, -0.2) is 47.3 Å². The van der Waals surface area contributed by atoms with E-state index >= 15 is 0 Å². The zero-order valence-corrected chi connectivity index (χ0v) is 23.6. The van der Waals surface area contributed by atoms with Crippen LogP contribution in [0.4, 0.5) is 5.69 Å². The molecule has 7 nitrogen and oxygen atoms in total. The summed E-state index contributed by atoms with van der Waals surface area (Å²) in [6.07, 6.45) is 0. The van der Waals surface area contributed by atoms with Gasteiger partial charge in [0.2, 0.25) is 5.91 Å². The van der Waals surface area contributed by atoms with Crippen molar-refractivity contribution in [3.63, 3.8) is 0 Å². The van der Waals surface area contributed by atoms with Crippen LogP contribution in [-0.2, 0) is 23.9 Å². The highest BCUT2D eigenvalue weighted by molar-refractivity contribution is 8.25. The molecule has 0 saturated carbocycles. The summed E-state index contributed by atoms with van der Waals surface area (Å²) in [7, 11) is 0. The second kappa shape index (κ2) is 10.2. The molecule has 3 heterocycles. The molecule has 1 atom stereocenters. The van der Waals surface area contributed by atoms with Gasteiger partial charge in [-0.2, -0.15) is 0 Å². The number of amides is 1. The number of fused-ring (bicyclic) bond motifs is 3. The van der Waals surface area contributed by atoms with Crippen LogP contribution in [0.2, 0.25) is 0 Å².